The molecule has 2 rings (SSSR count). The van der Waals surface area contributed by atoms with Crippen LogP contribution in [0.2, 0.25) is 0 Å². The lowest BCUT2D eigenvalue weighted by atomic mass is 10.1. The first-order valence-electron chi connectivity index (χ1n) is 8.14. The lowest BCUT2D eigenvalue weighted by Crippen LogP contribution is -2.40. The summed E-state index contributed by atoms with van der Waals surface area (Å²) < 4.78 is 11.1. The van der Waals surface area contributed by atoms with E-state index in [0.29, 0.717) is 19.5 Å². The number of para-hydroxylation sites is 1. The molecule has 0 aromatic heterocycles. The van der Waals surface area contributed by atoms with Crippen molar-refractivity contribution in [3.8, 4) is 0 Å². The number of nitrogens with one attached hydrogen (secondary N) is 1. The molecule has 1 unspecified atom stereocenters. The van der Waals surface area contributed by atoms with Crippen LogP contribution in [0.4, 0.5) is 10.5 Å². The summed E-state index contributed by atoms with van der Waals surface area (Å²) in [6, 6.07) is 9.23. The Bertz CT molecular complexity index is 582. The highest BCUT2D eigenvalue weighted by Gasteiger charge is 2.39. The topological polar surface area (TPSA) is 67.9 Å². The highest BCUT2D eigenvalue weighted by Crippen LogP contribution is 2.26. The SMILES string of the molecule is CC(C)(C)OC(=O)N1CCC(C)(OCC(=O)Nc2ccccc2)C1. The van der Waals surface area contributed by atoms with Crippen LogP contribution in [0.5, 0.6) is 0 Å². The summed E-state index contributed by atoms with van der Waals surface area (Å²) in [6.07, 6.45) is 0.328. The Labute approximate surface area is 143 Å². The first-order valence-corrected chi connectivity index (χ1v) is 8.14. The Morgan fingerprint density at radius 1 is 1.25 bits per heavy atom. The molecule has 1 aromatic carbocycles. The van der Waals surface area contributed by atoms with Crippen molar-refractivity contribution >= 4 is 17.7 Å². The fraction of sp³-hybridized carbons (Fsp3) is 0.556. The molecule has 1 aliphatic rings. The van der Waals surface area contributed by atoms with Gasteiger partial charge >= 0.3 is 6.09 Å². The van der Waals surface area contributed by atoms with Crippen molar-refractivity contribution in [2.75, 3.05) is 25.0 Å². The molecule has 6 heteroatoms. The molecule has 0 radical (unpaired) electrons. The summed E-state index contributed by atoms with van der Waals surface area (Å²) in [5.74, 6) is -0.210. The molecule has 1 fully saturated rings. The summed E-state index contributed by atoms with van der Waals surface area (Å²) in [7, 11) is 0. The largest absolute Gasteiger partial charge is 0.444 e. The number of carbonyl (C=O) groups excluding carboxylic acids is 2. The summed E-state index contributed by atoms with van der Waals surface area (Å²) in [6.45, 7) is 8.35. The summed E-state index contributed by atoms with van der Waals surface area (Å²) >= 11 is 0. The van der Waals surface area contributed by atoms with E-state index in [-0.39, 0.29) is 18.6 Å². The number of carbonyl (C=O) groups is 2. The van der Waals surface area contributed by atoms with Gasteiger partial charge in [-0.3, -0.25) is 4.79 Å². The van der Waals surface area contributed by atoms with Gasteiger partial charge in [-0.1, -0.05) is 18.2 Å². The maximum absolute atomic E-state index is 12.1. The lowest BCUT2D eigenvalue weighted by Gasteiger charge is -2.27. The number of nitrogens with zero attached hydrogens (tertiary/aromatic N) is 1. The minimum Gasteiger partial charge on any atom is -0.444 e. The molecule has 0 spiro atoms. The molecule has 0 bridgehead atoms. The van der Waals surface area contributed by atoms with E-state index in [9.17, 15) is 9.59 Å². The van der Waals surface area contributed by atoms with Gasteiger partial charge in [0.1, 0.15) is 12.2 Å². The monoisotopic (exact) mass is 334 g/mol. The molecule has 1 N–H and O–H groups in total. The van der Waals surface area contributed by atoms with E-state index in [1.165, 1.54) is 0 Å². The summed E-state index contributed by atoms with van der Waals surface area (Å²) in [4.78, 5) is 25.7. The van der Waals surface area contributed by atoms with E-state index in [1.807, 2.05) is 58.0 Å². The predicted molar refractivity (Wildman–Crippen MR) is 91.9 cm³/mol. The number of hydrogen-bond acceptors (Lipinski definition) is 4. The van der Waals surface area contributed by atoms with E-state index in [0.717, 1.165) is 5.69 Å². The van der Waals surface area contributed by atoms with Gasteiger partial charge in [0, 0.05) is 12.2 Å². The molecular formula is C18H26N2O4. The van der Waals surface area contributed by atoms with Gasteiger partial charge < -0.3 is 19.7 Å². The molecule has 0 saturated carbocycles. The van der Waals surface area contributed by atoms with Crippen molar-refractivity contribution < 1.29 is 19.1 Å². The maximum atomic E-state index is 12.1. The maximum Gasteiger partial charge on any atom is 0.410 e. The molecule has 1 atom stereocenters. The molecule has 1 aromatic rings. The predicted octanol–water partition coefficient (Wildman–Crippen LogP) is 3.04. The van der Waals surface area contributed by atoms with Gasteiger partial charge in [-0.15, -0.1) is 0 Å². The molecule has 6 nitrogen and oxygen atoms in total. The van der Waals surface area contributed by atoms with Crippen molar-refractivity contribution in [2.45, 2.75) is 45.3 Å². The summed E-state index contributed by atoms with van der Waals surface area (Å²) in [5, 5.41) is 2.78. The second kappa shape index (κ2) is 7.21. The Morgan fingerprint density at radius 3 is 2.54 bits per heavy atom. The van der Waals surface area contributed by atoms with E-state index in [2.05, 4.69) is 5.32 Å². The van der Waals surface area contributed by atoms with Gasteiger partial charge in [0.2, 0.25) is 5.91 Å². The first kappa shape index (κ1) is 18.3. The third-order valence-electron chi connectivity index (χ3n) is 3.70. The van der Waals surface area contributed by atoms with Gasteiger partial charge in [-0.2, -0.15) is 0 Å². The standard InChI is InChI=1S/C18H26N2O4/c1-17(2,3)24-16(22)20-11-10-18(4,13-20)23-12-15(21)19-14-8-6-5-7-9-14/h5-9H,10-13H2,1-4H3,(H,19,21). The molecule has 132 valence electrons. The number of amides is 2. The Morgan fingerprint density at radius 2 is 1.92 bits per heavy atom. The van der Waals surface area contributed by atoms with Crippen molar-refractivity contribution in [1.29, 1.82) is 0 Å². The number of ether oxygens (including phenoxy) is 2. The van der Waals surface area contributed by atoms with Gasteiger partial charge in [0.05, 0.1) is 12.1 Å². The van der Waals surface area contributed by atoms with Crippen LogP contribution >= 0.6 is 0 Å². The van der Waals surface area contributed by atoms with Crippen LogP contribution in [-0.4, -0.2) is 47.8 Å². The lowest BCUT2D eigenvalue weighted by molar-refractivity contribution is -0.126. The smallest absolute Gasteiger partial charge is 0.410 e. The number of likely N-dealkylation sites (tertiary alicyclic amines) is 1. The molecule has 1 heterocycles. The second-order valence-electron chi connectivity index (χ2n) is 7.30. The molecular weight excluding hydrogens is 308 g/mol. The quantitative estimate of drug-likeness (QED) is 0.919. The third-order valence-corrected chi connectivity index (χ3v) is 3.70. The zero-order valence-electron chi connectivity index (χ0n) is 14.8. The minimum atomic E-state index is -0.537. The fourth-order valence-corrected chi connectivity index (χ4v) is 2.49. The third kappa shape index (κ3) is 5.53. The molecule has 1 aliphatic heterocycles. The normalized spacial score (nSPS) is 20.8. The van der Waals surface area contributed by atoms with Crippen molar-refractivity contribution in [3.05, 3.63) is 30.3 Å². The fourth-order valence-electron chi connectivity index (χ4n) is 2.49. The van der Waals surface area contributed by atoms with Crippen molar-refractivity contribution in [2.24, 2.45) is 0 Å². The number of benzene rings is 1. The van der Waals surface area contributed by atoms with E-state index < -0.39 is 11.2 Å². The Kier molecular flexibility index (Phi) is 5.49. The van der Waals surface area contributed by atoms with E-state index >= 15 is 0 Å². The number of hydrogen-bond donors (Lipinski definition) is 1. The Balaban J connectivity index is 1.80. The first-order chi connectivity index (χ1) is 11.2. The van der Waals surface area contributed by atoms with Gasteiger partial charge in [-0.25, -0.2) is 4.79 Å². The average molecular weight is 334 g/mol. The van der Waals surface area contributed by atoms with Crippen LogP contribution in [-0.2, 0) is 14.3 Å². The van der Waals surface area contributed by atoms with Crippen molar-refractivity contribution in [3.63, 3.8) is 0 Å². The number of anilines is 1. The Hall–Kier alpha value is -2.08. The summed E-state index contributed by atoms with van der Waals surface area (Å²) in [5.41, 5.74) is -0.324. The highest BCUT2D eigenvalue weighted by atomic mass is 16.6. The van der Waals surface area contributed by atoms with Gasteiger partial charge in [0.15, 0.2) is 0 Å². The van der Waals surface area contributed by atoms with Crippen LogP contribution in [0.1, 0.15) is 34.1 Å². The van der Waals surface area contributed by atoms with Crippen LogP contribution < -0.4 is 5.32 Å². The van der Waals surface area contributed by atoms with Gasteiger partial charge in [0.25, 0.3) is 0 Å². The molecule has 24 heavy (non-hydrogen) atoms. The average Bonchev–Trinajstić information content (AvgIpc) is 2.88. The second-order valence-corrected chi connectivity index (χ2v) is 7.30. The molecule has 1 saturated heterocycles. The van der Waals surface area contributed by atoms with Crippen LogP contribution in [0.15, 0.2) is 30.3 Å². The number of rotatable bonds is 4. The molecule has 2 amide bonds. The minimum absolute atomic E-state index is 0.0481. The van der Waals surface area contributed by atoms with Crippen LogP contribution in [0.25, 0.3) is 0 Å². The zero-order chi connectivity index (χ0) is 17.8. The van der Waals surface area contributed by atoms with Crippen LogP contribution in [0.3, 0.4) is 0 Å². The molecule has 0 aliphatic carbocycles. The highest BCUT2D eigenvalue weighted by molar-refractivity contribution is 5.91. The van der Waals surface area contributed by atoms with E-state index in [4.69, 9.17) is 9.47 Å². The van der Waals surface area contributed by atoms with Crippen molar-refractivity contribution in [1.82, 2.24) is 4.90 Å². The van der Waals surface area contributed by atoms with E-state index in [1.54, 1.807) is 4.90 Å². The van der Waals surface area contributed by atoms with Crippen LogP contribution in [0, 0.1) is 0 Å². The zero-order valence-corrected chi connectivity index (χ0v) is 14.8. The van der Waals surface area contributed by atoms with Gasteiger partial charge in [-0.05, 0) is 46.2 Å².